The van der Waals surface area contributed by atoms with Gasteiger partial charge in [-0.2, -0.15) is 0 Å². The van der Waals surface area contributed by atoms with E-state index >= 15 is 0 Å². The second-order valence-corrected chi connectivity index (χ2v) is 5.01. The van der Waals surface area contributed by atoms with Crippen LogP contribution in [0.1, 0.15) is 18.9 Å². The zero-order chi connectivity index (χ0) is 16.5. The highest BCUT2D eigenvalue weighted by Crippen LogP contribution is 2.17. The second-order valence-electron chi connectivity index (χ2n) is 5.01. The van der Waals surface area contributed by atoms with E-state index < -0.39 is 0 Å². The van der Waals surface area contributed by atoms with Crippen LogP contribution in [0.4, 0.5) is 4.39 Å². The molecule has 0 atom stereocenters. The predicted octanol–water partition coefficient (Wildman–Crippen LogP) is 3.31. The van der Waals surface area contributed by atoms with E-state index in [1.165, 1.54) is 12.1 Å². The minimum Gasteiger partial charge on any atom is -0.494 e. The average molecular weight is 317 g/mol. The molecule has 0 aliphatic heterocycles. The topological polar surface area (TPSA) is 47.6 Å². The lowest BCUT2D eigenvalue weighted by atomic mass is 10.2. The first-order chi connectivity index (χ1) is 11.2. The van der Waals surface area contributed by atoms with Crippen LogP contribution in [0.15, 0.2) is 48.5 Å². The smallest absolute Gasteiger partial charge is 0.258 e. The normalized spacial score (nSPS) is 10.2. The fourth-order valence-electron chi connectivity index (χ4n) is 1.85. The van der Waals surface area contributed by atoms with Gasteiger partial charge < -0.3 is 14.8 Å². The van der Waals surface area contributed by atoms with E-state index in [1.807, 2.05) is 6.92 Å². The van der Waals surface area contributed by atoms with Crippen molar-refractivity contribution in [2.24, 2.45) is 0 Å². The number of carbonyl (C=O) groups is 1. The third-order valence-electron chi connectivity index (χ3n) is 3.07. The van der Waals surface area contributed by atoms with E-state index in [4.69, 9.17) is 9.47 Å². The lowest BCUT2D eigenvalue weighted by Crippen LogP contribution is -2.28. The van der Waals surface area contributed by atoms with Gasteiger partial charge in [-0.25, -0.2) is 4.39 Å². The monoisotopic (exact) mass is 317 g/mol. The van der Waals surface area contributed by atoms with Gasteiger partial charge in [-0.3, -0.25) is 4.79 Å². The number of hydrogen-bond donors (Lipinski definition) is 1. The summed E-state index contributed by atoms with van der Waals surface area (Å²) in [6, 6.07) is 13.1. The molecule has 4 nitrogen and oxygen atoms in total. The lowest BCUT2D eigenvalue weighted by Gasteiger charge is -2.09. The summed E-state index contributed by atoms with van der Waals surface area (Å²) in [7, 11) is 0. The Kier molecular flexibility index (Phi) is 6.41. The van der Waals surface area contributed by atoms with Gasteiger partial charge in [-0.05, 0) is 48.4 Å². The molecule has 0 heterocycles. The summed E-state index contributed by atoms with van der Waals surface area (Å²) < 4.78 is 23.7. The van der Waals surface area contributed by atoms with E-state index in [0.29, 0.717) is 18.9 Å². The highest BCUT2D eigenvalue weighted by atomic mass is 19.1. The van der Waals surface area contributed by atoms with Gasteiger partial charge in [0, 0.05) is 6.54 Å². The van der Waals surface area contributed by atoms with E-state index in [0.717, 1.165) is 17.7 Å². The van der Waals surface area contributed by atoms with Crippen molar-refractivity contribution in [2.45, 2.75) is 19.9 Å². The van der Waals surface area contributed by atoms with Gasteiger partial charge in [-0.15, -0.1) is 0 Å². The first kappa shape index (κ1) is 16.8. The molecule has 0 fully saturated rings. The molecular formula is C18H20FNO3. The van der Waals surface area contributed by atoms with Crippen LogP contribution in [0.2, 0.25) is 0 Å². The zero-order valence-electron chi connectivity index (χ0n) is 13.0. The van der Waals surface area contributed by atoms with Crippen molar-refractivity contribution in [3.63, 3.8) is 0 Å². The molecule has 0 aromatic heterocycles. The molecule has 122 valence electrons. The number of nitrogens with one attached hydrogen (secondary N) is 1. The molecule has 1 N–H and O–H groups in total. The minimum atomic E-state index is -0.297. The predicted molar refractivity (Wildman–Crippen MR) is 86.0 cm³/mol. The van der Waals surface area contributed by atoms with Gasteiger partial charge >= 0.3 is 0 Å². The number of rotatable bonds is 8. The Morgan fingerprint density at radius 2 is 1.61 bits per heavy atom. The molecular weight excluding hydrogens is 297 g/mol. The van der Waals surface area contributed by atoms with Gasteiger partial charge in [0.2, 0.25) is 0 Å². The maximum Gasteiger partial charge on any atom is 0.258 e. The molecule has 0 bridgehead atoms. The van der Waals surface area contributed by atoms with Crippen LogP contribution < -0.4 is 14.8 Å². The summed E-state index contributed by atoms with van der Waals surface area (Å²) in [5.41, 5.74) is 0.831. The van der Waals surface area contributed by atoms with Gasteiger partial charge in [-0.1, -0.05) is 19.1 Å². The summed E-state index contributed by atoms with van der Waals surface area (Å²) in [4.78, 5) is 11.7. The summed E-state index contributed by atoms with van der Waals surface area (Å²) >= 11 is 0. The molecule has 0 saturated heterocycles. The van der Waals surface area contributed by atoms with E-state index in [1.54, 1.807) is 36.4 Å². The zero-order valence-corrected chi connectivity index (χ0v) is 13.0. The highest BCUT2D eigenvalue weighted by Gasteiger charge is 2.03. The molecule has 1 amide bonds. The van der Waals surface area contributed by atoms with Crippen LogP contribution in [-0.4, -0.2) is 19.1 Å². The number of halogens is 1. The van der Waals surface area contributed by atoms with Crippen molar-refractivity contribution >= 4 is 5.91 Å². The molecule has 0 spiro atoms. The fourth-order valence-corrected chi connectivity index (χ4v) is 1.85. The van der Waals surface area contributed by atoms with Crippen LogP contribution in [0, 0.1) is 5.82 Å². The van der Waals surface area contributed by atoms with Crippen molar-refractivity contribution in [2.75, 3.05) is 13.2 Å². The van der Waals surface area contributed by atoms with Crippen molar-refractivity contribution in [3.05, 3.63) is 59.9 Å². The Bertz CT molecular complexity index is 611. The molecule has 5 heteroatoms. The first-order valence-corrected chi connectivity index (χ1v) is 7.54. The maximum absolute atomic E-state index is 12.8. The van der Waals surface area contributed by atoms with Crippen molar-refractivity contribution in [1.29, 1.82) is 0 Å². The molecule has 23 heavy (non-hydrogen) atoms. The van der Waals surface area contributed by atoms with E-state index in [9.17, 15) is 9.18 Å². The Hall–Kier alpha value is -2.56. The van der Waals surface area contributed by atoms with Crippen molar-refractivity contribution in [1.82, 2.24) is 5.32 Å². The Morgan fingerprint density at radius 1 is 1.00 bits per heavy atom. The third kappa shape index (κ3) is 5.98. The van der Waals surface area contributed by atoms with E-state index in [2.05, 4.69) is 5.32 Å². The van der Waals surface area contributed by atoms with Crippen LogP contribution in [0.5, 0.6) is 11.5 Å². The van der Waals surface area contributed by atoms with Crippen molar-refractivity contribution in [3.8, 4) is 11.5 Å². The quantitative estimate of drug-likeness (QED) is 0.812. The number of ether oxygens (including phenoxy) is 2. The SMILES string of the molecule is CCCOc1ccc(OCC(=O)NCc2ccc(F)cc2)cc1. The summed E-state index contributed by atoms with van der Waals surface area (Å²) in [6.07, 6.45) is 0.951. The second kappa shape index (κ2) is 8.78. The van der Waals surface area contributed by atoms with Crippen LogP contribution in [-0.2, 0) is 11.3 Å². The van der Waals surface area contributed by atoms with Gasteiger partial charge in [0.05, 0.1) is 6.61 Å². The summed E-state index contributed by atoms with van der Waals surface area (Å²) in [5.74, 6) is 0.848. The maximum atomic E-state index is 12.8. The molecule has 0 saturated carbocycles. The Morgan fingerprint density at radius 3 is 2.22 bits per heavy atom. The molecule has 2 aromatic carbocycles. The fraction of sp³-hybridized carbons (Fsp3) is 0.278. The van der Waals surface area contributed by atoms with Crippen LogP contribution in [0.25, 0.3) is 0 Å². The first-order valence-electron chi connectivity index (χ1n) is 7.54. The van der Waals surface area contributed by atoms with Crippen molar-refractivity contribution < 1.29 is 18.7 Å². The summed E-state index contributed by atoms with van der Waals surface area (Å²) in [6.45, 7) is 2.98. The molecule has 0 aliphatic carbocycles. The number of amides is 1. The standard InChI is InChI=1S/C18H20FNO3/c1-2-11-22-16-7-9-17(10-8-16)23-13-18(21)20-12-14-3-5-15(19)6-4-14/h3-10H,2,11-13H2,1H3,(H,20,21). The molecule has 2 rings (SSSR count). The van der Waals surface area contributed by atoms with Gasteiger partial charge in [0.15, 0.2) is 6.61 Å². The van der Waals surface area contributed by atoms with Crippen LogP contribution >= 0.6 is 0 Å². The molecule has 2 aromatic rings. The lowest BCUT2D eigenvalue weighted by molar-refractivity contribution is -0.123. The van der Waals surface area contributed by atoms with Crippen LogP contribution in [0.3, 0.4) is 0 Å². The number of carbonyl (C=O) groups excluding carboxylic acids is 1. The number of benzene rings is 2. The molecule has 0 radical (unpaired) electrons. The Labute approximate surface area is 135 Å². The van der Waals surface area contributed by atoms with E-state index in [-0.39, 0.29) is 18.3 Å². The summed E-state index contributed by atoms with van der Waals surface area (Å²) in [5, 5.41) is 2.72. The highest BCUT2D eigenvalue weighted by molar-refractivity contribution is 5.77. The van der Waals surface area contributed by atoms with Gasteiger partial charge in [0.25, 0.3) is 5.91 Å². The third-order valence-corrected chi connectivity index (χ3v) is 3.07. The Balaban J connectivity index is 1.72. The average Bonchev–Trinajstić information content (AvgIpc) is 2.58. The van der Waals surface area contributed by atoms with Gasteiger partial charge in [0.1, 0.15) is 17.3 Å². The number of hydrogen-bond acceptors (Lipinski definition) is 3. The molecule has 0 unspecified atom stereocenters. The largest absolute Gasteiger partial charge is 0.494 e. The molecule has 0 aliphatic rings. The minimum absolute atomic E-state index is 0.0731.